The third-order valence-corrected chi connectivity index (χ3v) is 22.5. The van der Waals surface area contributed by atoms with E-state index in [1.165, 1.54) is 18.8 Å². The minimum absolute atomic E-state index is 0.0221. The molecular formula is C65H70N10O9S3. The first-order valence-corrected chi connectivity index (χ1v) is 34.7. The Morgan fingerprint density at radius 1 is 0.621 bits per heavy atom. The van der Waals surface area contributed by atoms with Gasteiger partial charge in [-0.1, -0.05) is 66.2 Å². The van der Waals surface area contributed by atoms with Gasteiger partial charge in [0.2, 0.25) is 20.0 Å². The zero-order valence-electron chi connectivity index (χ0n) is 49.0. The van der Waals surface area contributed by atoms with Crippen LogP contribution in [0.2, 0.25) is 0 Å². The highest BCUT2D eigenvalue weighted by Gasteiger charge is 2.37. The number of carbonyl (C=O) groups excluding carboxylic acids is 3. The molecule has 2 atom stereocenters. The smallest absolute Gasteiger partial charge is 0.268 e. The third kappa shape index (κ3) is 11.5. The molecule has 6 aliphatic rings. The quantitative estimate of drug-likeness (QED) is 0.126. The highest BCUT2D eigenvalue weighted by atomic mass is 32.2. The van der Waals surface area contributed by atoms with Gasteiger partial charge in [-0.25, -0.2) is 29.2 Å². The van der Waals surface area contributed by atoms with E-state index >= 15 is 0 Å². The van der Waals surface area contributed by atoms with E-state index in [2.05, 4.69) is 20.9 Å². The van der Waals surface area contributed by atoms with E-state index in [0.29, 0.717) is 85.4 Å². The Labute approximate surface area is 508 Å². The van der Waals surface area contributed by atoms with Gasteiger partial charge >= 0.3 is 0 Å². The zero-order chi connectivity index (χ0) is 61.1. The van der Waals surface area contributed by atoms with Gasteiger partial charge in [-0.2, -0.15) is 13.9 Å². The van der Waals surface area contributed by atoms with Gasteiger partial charge in [0.25, 0.3) is 27.7 Å². The SMILES string of the molecule is CS(=O)(=O)N1CC=C(c2cc3c(N4CCC[C@@H](N5CCc6ccccc6C5=O)C4)ccc(C(N)=O)c3[nH]2)CC1.Cc1ccc(S(=O)(=O)n2c(C3=CCN(S(C)(=O)=O)CC3)cc3c(N4CCC[C@@H](N5CCc6ccccc6C5=O)C4)ccc(C#N)c32)cc1. The number of amides is 3. The molecule has 19 nitrogen and oxygen atoms in total. The largest absolute Gasteiger partial charge is 0.369 e. The lowest BCUT2D eigenvalue weighted by molar-refractivity contribution is 0.0633. The number of nitrogens with zero attached hydrogens (tertiary/aromatic N) is 8. The topological polar surface area (TPSA) is 244 Å². The average Bonchev–Trinajstić information content (AvgIpc) is 1.74. The van der Waals surface area contributed by atoms with Gasteiger partial charge in [0.05, 0.1) is 45.3 Å². The molecule has 0 spiro atoms. The van der Waals surface area contributed by atoms with Crippen molar-refractivity contribution in [2.75, 3.05) is 87.8 Å². The summed E-state index contributed by atoms with van der Waals surface area (Å²) in [6, 6.07) is 35.7. The van der Waals surface area contributed by atoms with Crippen LogP contribution in [0.25, 0.3) is 33.0 Å². The van der Waals surface area contributed by atoms with Crippen molar-refractivity contribution in [3.63, 3.8) is 0 Å². The molecule has 0 aliphatic carbocycles. The maximum absolute atomic E-state index is 14.5. The monoisotopic (exact) mass is 1230 g/mol. The zero-order valence-corrected chi connectivity index (χ0v) is 51.4. The molecule has 5 aromatic carbocycles. The lowest BCUT2D eigenvalue weighted by Gasteiger charge is -2.42. The lowest BCUT2D eigenvalue weighted by Crippen LogP contribution is -2.52. The third-order valence-electron chi connectivity index (χ3n) is 18.2. The molecule has 3 amide bonds. The molecule has 2 fully saturated rings. The summed E-state index contributed by atoms with van der Waals surface area (Å²) in [6.07, 6.45) is 12.3. The molecular weight excluding hydrogens is 1160 g/mol. The first-order chi connectivity index (χ1) is 41.7. The number of hydrogen-bond acceptors (Lipinski definition) is 12. The molecule has 0 saturated carbocycles. The van der Waals surface area contributed by atoms with Crippen molar-refractivity contribution in [3.8, 4) is 6.07 Å². The van der Waals surface area contributed by atoms with Gasteiger partial charge < -0.3 is 30.3 Å². The van der Waals surface area contributed by atoms with Crippen molar-refractivity contribution < 1.29 is 39.6 Å². The van der Waals surface area contributed by atoms with Gasteiger partial charge in [0, 0.05) is 116 Å². The number of rotatable bonds is 11. The van der Waals surface area contributed by atoms with Gasteiger partial charge in [0.1, 0.15) is 6.07 Å². The molecule has 452 valence electrons. The Kier molecular flexibility index (Phi) is 16.0. The van der Waals surface area contributed by atoms with Crippen LogP contribution in [0.15, 0.2) is 126 Å². The standard InChI is InChI=1S/C36H37N5O5S2.C29H33N5O4S/c1-25-9-12-30(13-10-25)48(45,46)41-34(27-15-19-39(20-16-27)47(2,43)44)22-32-33(14-11-28(23-37)35(32)41)38-18-5-7-29(24-38)40-21-17-26-6-3-4-8-31(26)36(40)42;1-39(37,38)33-14-10-20(11-15-33)25-17-24-26(9-8-23(28(30)35)27(24)31-25)32-13-4-6-21(18-32)34-16-12-19-5-2-3-7-22(19)29(34)36/h3-4,6,8-15,22,29H,5,7,16-21,24H2,1-2H3;2-3,5,7-10,17,21,31H,4,6,11-16,18H2,1H3,(H2,30,35)/t29-;21-/m11/s1. The number of aryl methyl sites for hydroxylation is 1. The Bertz CT molecular complexity index is 4390. The van der Waals surface area contributed by atoms with Crippen LogP contribution in [0.3, 0.4) is 0 Å². The average molecular weight is 1230 g/mol. The number of aromatic nitrogens is 2. The fourth-order valence-corrected chi connectivity index (χ4v) is 16.7. The molecule has 87 heavy (non-hydrogen) atoms. The van der Waals surface area contributed by atoms with Crippen molar-refractivity contribution in [3.05, 3.63) is 172 Å². The van der Waals surface area contributed by atoms with E-state index in [9.17, 15) is 44.9 Å². The number of carbonyl (C=O) groups is 3. The summed E-state index contributed by atoms with van der Waals surface area (Å²) in [5, 5.41) is 11.8. The second kappa shape index (κ2) is 23.6. The van der Waals surface area contributed by atoms with Crippen LogP contribution < -0.4 is 15.5 Å². The van der Waals surface area contributed by atoms with Crippen LogP contribution in [-0.4, -0.2) is 160 Å². The van der Waals surface area contributed by atoms with E-state index in [-0.39, 0.29) is 47.4 Å². The number of anilines is 2. The summed E-state index contributed by atoms with van der Waals surface area (Å²) >= 11 is 0. The molecule has 6 aliphatic heterocycles. The van der Waals surface area contributed by atoms with Gasteiger partial charge in [-0.05, 0) is 141 Å². The number of nitriles is 1. The minimum Gasteiger partial charge on any atom is -0.369 e. The van der Waals surface area contributed by atoms with Crippen molar-refractivity contribution in [2.45, 2.75) is 75.3 Å². The number of sulfonamides is 2. The van der Waals surface area contributed by atoms with E-state index in [0.717, 1.165) is 114 Å². The lowest BCUT2D eigenvalue weighted by atomic mass is 9.95. The van der Waals surface area contributed by atoms with Crippen molar-refractivity contribution in [2.24, 2.45) is 5.73 Å². The molecule has 0 unspecified atom stereocenters. The Morgan fingerprint density at radius 3 is 1.67 bits per heavy atom. The number of aromatic amines is 1. The molecule has 22 heteroatoms. The number of H-pyrrole nitrogens is 1. The number of fused-ring (bicyclic) bond motifs is 4. The van der Waals surface area contributed by atoms with Gasteiger partial charge in [0.15, 0.2) is 0 Å². The molecule has 8 heterocycles. The number of nitrogens with one attached hydrogen (secondary N) is 1. The molecule has 0 radical (unpaired) electrons. The maximum Gasteiger partial charge on any atom is 0.268 e. The fraction of sp³-hybridized carbons (Fsp3) is 0.354. The normalized spacial score (nSPS) is 19.9. The Balaban J connectivity index is 0.000000173. The number of primary amides is 1. The summed E-state index contributed by atoms with van der Waals surface area (Å²) < 4.78 is 81.5. The van der Waals surface area contributed by atoms with Crippen LogP contribution in [-0.2, 0) is 42.9 Å². The van der Waals surface area contributed by atoms with E-state index < -0.39 is 36.0 Å². The summed E-state index contributed by atoms with van der Waals surface area (Å²) in [4.78, 5) is 51.3. The number of hydrogen-bond donors (Lipinski definition) is 2. The molecule has 13 rings (SSSR count). The first-order valence-electron chi connectivity index (χ1n) is 29.6. The van der Waals surface area contributed by atoms with E-state index in [4.69, 9.17) is 5.73 Å². The first kappa shape index (κ1) is 59.3. The van der Waals surface area contributed by atoms with Crippen LogP contribution in [0.4, 0.5) is 11.4 Å². The highest BCUT2D eigenvalue weighted by Crippen LogP contribution is 2.41. The predicted octanol–water partition coefficient (Wildman–Crippen LogP) is 7.76. The number of piperidine rings is 2. The van der Waals surface area contributed by atoms with E-state index in [1.54, 1.807) is 42.5 Å². The Hall–Kier alpha value is -8.07. The van der Waals surface area contributed by atoms with Crippen molar-refractivity contribution in [1.29, 1.82) is 5.26 Å². The van der Waals surface area contributed by atoms with Gasteiger partial charge in [-0.15, -0.1) is 0 Å². The second-order valence-corrected chi connectivity index (χ2v) is 29.3. The van der Waals surface area contributed by atoms with E-state index in [1.807, 2.05) is 95.6 Å². The van der Waals surface area contributed by atoms with Crippen LogP contribution in [0.1, 0.15) is 103 Å². The predicted molar refractivity (Wildman–Crippen MR) is 338 cm³/mol. The fourth-order valence-electron chi connectivity index (χ4n) is 13.6. The summed E-state index contributed by atoms with van der Waals surface area (Å²) in [6.45, 7) is 7.18. The summed E-state index contributed by atoms with van der Waals surface area (Å²) in [5.41, 5.74) is 16.8. The number of benzene rings is 5. The van der Waals surface area contributed by atoms with Crippen molar-refractivity contribution in [1.82, 2.24) is 27.4 Å². The maximum atomic E-state index is 14.5. The summed E-state index contributed by atoms with van der Waals surface area (Å²) in [5.74, 6) is -0.358. The molecule has 2 saturated heterocycles. The van der Waals surface area contributed by atoms with Crippen molar-refractivity contribution >= 4 is 92.1 Å². The minimum atomic E-state index is -4.18. The van der Waals surface area contributed by atoms with Gasteiger partial charge in [-0.3, -0.25) is 14.4 Å². The molecule has 3 N–H and O–H groups in total. The van der Waals surface area contributed by atoms with Crippen LogP contribution in [0.5, 0.6) is 0 Å². The molecule has 2 aromatic heterocycles. The van der Waals surface area contributed by atoms with Crippen LogP contribution in [0, 0.1) is 18.3 Å². The second-order valence-electron chi connectivity index (χ2n) is 23.6. The molecule has 7 aromatic rings. The Morgan fingerprint density at radius 2 is 1.15 bits per heavy atom. The van der Waals surface area contributed by atoms with Crippen LogP contribution >= 0.6 is 0 Å². The summed E-state index contributed by atoms with van der Waals surface area (Å²) in [7, 11) is -10.9. The number of nitrogens with two attached hydrogens (primary N) is 1. The highest BCUT2D eigenvalue weighted by molar-refractivity contribution is 7.90. The molecule has 0 bridgehead atoms.